The van der Waals surface area contributed by atoms with Crippen LogP contribution in [0.2, 0.25) is 0 Å². The number of halogens is 1. The zero-order valence-corrected chi connectivity index (χ0v) is 15.3. The summed E-state index contributed by atoms with van der Waals surface area (Å²) in [7, 11) is 0. The first kappa shape index (κ1) is 18.3. The lowest BCUT2D eigenvalue weighted by Crippen LogP contribution is -2.44. The molecule has 2 atom stereocenters. The summed E-state index contributed by atoms with van der Waals surface area (Å²) in [4.78, 5) is 15.1. The lowest BCUT2D eigenvalue weighted by atomic mass is 9.91. The van der Waals surface area contributed by atoms with Crippen LogP contribution in [0.15, 0.2) is 18.2 Å². The first-order valence-electron chi connectivity index (χ1n) is 8.64. The molecule has 1 N–H and O–H groups in total. The summed E-state index contributed by atoms with van der Waals surface area (Å²) in [6, 6.07) is 7.54. The van der Waals surface area contributed by atoms with Gasteiger partial charge in [0.2, 0.25) is 5.91 Å². The van der Waals surface area contributed by atoms with Crippen molar-refractivity contribution in [3.63, 3.8) is 0 Å². The van der Waals surface area contributed by atoms with Gasteiger partial charge >= 0.3 is 0 Å². The largest absolute Gasteiger partial charge is 0.335 e. The Labute approximate surface area is 146 Å². The Hall–Kier alpha value is -1.06. The van der Waals surface area contributed by atoms with E-state index in [4.69, 9.17) is 0 Å². The van der Waals surface area contributed by atoms with E-state index in [1.54, 1.807) is 0 Å². The number of nitrogens with one attached hydrogen (secondary N) is 1. The Morgan fingerprint density at radius 1 is 1.22 bits per heavy atom. The molecule has 0 spiro atoms. The quantitative estimate of drug-likeness (QED) is 0.911. The lowest BCUT2D eigenvalue weighted by Gasteiger charge is -2.32. The monoisotopic (exact) mass is 336 g/mol. The number of carbonyl (C=O) groups excluding carboxylic acids is 1. The molecule has 4 heteroatoms. The molecule has 0 aromatic heterocycles. The normalized spacial score (nSPS) is 24.0. The van der Waals surface area contributed by atoms with E-state index >= 15 is 0 Å². The van der Waals surface area contributed by atoms with Gasteiger partial charge < -0.3 is 10.2 Å². The second-order valence-corrected chi connectivity index (χ2v) is 7.19. The molecule has 23 heavy (non-hydrogen) atoms. The van der Waals surface area contributed by atoms with E-state index in [9.17, 15) is 4.79 Å². The van der Waals surface area contributed by atoms with Gasteiger partial charge in [-0.05, 0) is 69.7 Å². The molecular weight excluding hydrogens is 308 g/mol. The Morgan fingerprint density at radius 2 is 1.96 bits per heavy atom. The minimum Gasteiger partial charge on any atom is -0.335 e. The predicted molar refractivity (Wildman–Crippen MR) is 96.9 cm³/mol. The number of benzene rings is 1. The number of piperidine rings is 1. The zero-order valence-electron chi connectivity index (χ0n) is 14.5. The van der Waals surface area contributed by atoms with Crippen LogP contribution in [0.3, 0.4) is 0 Å². The number of rotatable bonds is 4. The standard InChI is InChI=1S/C19H28N2O.ClH/c1-13-4-5-16(10-14(13)2)12-21(18-6-7-18)19(22)17-8-9-20-15(3)11-17;/h4-5,10,15,17-18,20H,6-9,11-12H2,1-3H3;1H/t15-,17-;/m0./s1. The Balaban J connectivity index is 0.00000192. The van der Waals surface area contributed by atoms with Crippen molar-refractivity contribution in [3.8, 4) is 0 Å². The summed E-state index contributed by atoms with van der Waals surface area (Å²) in [5, 5.41) is 3.44. The molecule has 0 bridgehead atoms. The Bertz CT molecular complexity index is 556. The van der Waals surface area contributed by atoms with Crippen molar-refractivity contribution < 1.29 is 4.79 Å². The highest BCUT2D eigenvalue weighted by atomic mass is 35.5. The van der Waals surface area contributed by atoms with E-state index < -0.39 is 0 Å². The molecule has 1 amide bonds. The molecule has 0 radical (unpaired) electrons. The molecule has 1 aromatic rings. The molecule has 1 aliphatic heterocycles. The first-order valence-corrected chi connectivity index (χ1v) is 8.64. The average molecular weight is 337 g/mol. The van der Waals surface area contributed by atoms with Crippen LogP contribution in [-0.2, 0) is 11.3 Å². The fraction of sp³-hybridized carbons (Fsp3) is 0.632. The van der Waals surface area contributed by atoms with Gasteiger partial charge in [-0.3, -0.25) is 4.79 Å². The minimum atomic E-state index is 0. The zero-order chi connectivity index (χ0) is 15.7. The van der Waals surface area contributed by atoms with Gasteiger partial charge in [-0.15, -0.1) is 12.4 Å². The molecule has 128 valence electrons. The number of amides is 1. The summed E-state index contributed by atoms with van der Waals surface area (Å²) in [5.41, 5.74) is 3.90. The van der Waals surface area contributed by atoms with Gasteiger partial charge in [0.1, 0.15) is 0 Å². The first-order chi connectivity index (χ1) is 10.5. The molecule has 1 aromatic carbocycles. The third kappa shape index (κ3) is 4.48. The highest BCUT2D eigenvalue weighted by Gasteiger charge is 2.36. The maximum Gasteiger partial charge on any atom is 0.226 e. The van der Waals surface area contributed by atoms with Crippen molar-refractivity contribution in [1.82, 2.24) is 10.2 Å². The van der Waals surface area contributed by atoms with Crippen molar-refractivity contribution in [2.24, 2.45) is 5.92 Å². The highest BCUT2D eigenvalue weighted by molar-refractivity contribution is 5.85. The van der Waals surface area contributed by atoms with E-state index in [1.807, 2.05) is 0 Å². The Morgan fingerprint density at radius 3 is 2.57 bits per heavy atom. The van der Waals surface area contributed by atoms with Crippen molar-refractivity contribution in [2.45, 2.75) is 65.1 Å². The average Bonchev–Trinajstić information content (AvgIpc) is 3.32. The molecule has 2 aliphatic rings. The van der Waals surface area contributed by atoms with E-state index in [-0.39, 0.29) is 18.3 Å². The van der Waals surface area contributed by atoms with Gasteiger partial charge in [0.15, 0.2) is 0 Å². The summed E-state index contributed by atoms with van der Waals surface area (Å²) in [6.45, 7) is 8.23. The van der Waals surface area contributed by atoms with Crippen LogP contribution in [-0.4, -0.2) is 29.4 Å². The molecule has 1 saturated heterocycles. The van der Waals surface area contributed by atoms with Crippen LogP contribution in [0, 0.1) is 19.8 Å². The topological polar surface area (TPSA) is 32.3 Å². The third-order valence-electron chi connectivity index (χ3n) is 5.17. The van der Waals surface area contributed by atoms with Crippen molar-refractivity contribution >= 4 is 18.3 Å². The van der Waals surface area contributed by atoms with Gasteiger partial charge in [0.05, 0.1) is 0 Å². The second kappa shape index (κ2) is 7.67. The van der Waals surface area contributed by atoms with Crippen LogP contribution >= 0.6 is 12.4 Å². The molecule has 1 heterocycles. The molecule has 1 aliphatic carbocycles. The summed E-state index contributed by atoms with van der Waals surface area (Å²) < 4.78 is 0. The molecule has 0 unspecified atom stereocenters. The molecule has 3 nitrogen and oxygen atoms in total. The summed E-state index contributed by atoms with van der Waals surface area (Å²) in [6.07, 6.45) is 4.32. The maximum absolute atomic E-state index is 13.0. The van der Waals surface area contributed by atoms with Gasteiger partial charge in [-0.1, -0.05) is 18.2 Å². The van der Waals surface area contributed by atoms with Crippen LogP contribution in [0.25, 0.3) is 0 Å². The van der Waals surface area contributed by atoms with Crippen LogP contribution < -0.4 is 5.32 Å². The SMILES string of the molecule is Cc1ccc(CN(C(=O)[C@H]2CCN[C@@H](C)C2)C2CC2)cc1C.Cl. The van der Waals surface area contributed by atoms with Gasteiger partial charge in [0, 0.05) is 24.5 Å². The summed E-state index contributed by atoms with van der Waals surface area (Å²) in [5.74, 6) is 0.595. The molecule has 3 rings (SSSR count). The van der Waals surface area contributed by atoms with E-state index in [1.165, 1.54) is 29.5 Å². The predicted octanol–water partition coefficient (Wildman–Crippen LogP) is 3.60. The van der Waals surface area contributed by atoms with Gasteiger partial charge in [-0.2, -0.15) is 0 Å². The fourth-order valence-electron chi connectivity index (χ4n) is 3.46. The van der Waals surface area contributed by atoms with Crippen molar-refractivity contribution in [3.05, 3.63) is 34.9 Å². The second-order valence-electron chi connectivity index (χ2n) is 7.19. The Kier molecular flexibility index (Phi) is 6.10. The van der Waals surface area contributed by atoms with E-state index in [2.05, 4.69) is 49.2 Å². The van der Waals surface area contributed by atoms with E-state index in [0.29, 0.717) is 18.0 Å². The molecular formula is C19H29ClN2O. The lowest BCUT2D eigenvalue weighted by molar-refractivity contribution is -0.138. The van der Waals surface area contributed by atoms with Crippen LogP contribution in [0.1, 0.15) is 49.3 Å². The number of aryl methyl sites for hydroxylation is 2. The summed E-state index contributed by atoms with van der Waals surface area (Å²) >= 11 is 0. The van der Waals surface area contributed by atoms with E-state index in [0.717, 1.165) is 25.9 Å². The number of hydrogen-bond acceptors (Lipinski definition) is 2. The molecule has 2 fully saturated rings. The fourth-order valence-corrected chi connectivity index (χ4v) is 3.46. The maximum atomic E-state index is 13.0. The minimum absolute atomic E-state index is 0. The number of carbonyl (C=O) groups is 1. The van der Waals surface area contributed by atoms with Crippen LogP contribution in [0.4, 0.5) is 0 Å². The number of nitrogens with zero attached hydrogens (tertiary/aromatic N) is 1. The van der Waals surface area contributed by atoms with Crippen LogP contribution in [0.5, 0.6) is 0 Å². The third-order valence-corrected chi connectivity index (χ3v) is 5.17. The smallest absolute Gasteiger partial charge is 0.226 e. The van der Waals surface area contributed by atoms with Crippen molar-refractivity contribution in [2.75, 3.05) is 6.54 Å². The molecule has 1 saturated carbocycles. The van der Waals surface area contributed by atoms with Gasteiger partial charge in [-0.25, -0.2) is 0 Å². The number of hydrogen-bond donors (Lipinski definition) is 1. The van der Waals surface area contributed by atoms with Crippen molar-refractivity contribution in [1.29, 1.82) is 0 Å². The highest BCUT2D eigenvalue weighted by Crippen LogP contribution is 2.32. The van der Waals surface area contributed by atoms with Gasteiger partial charge in [0.25, 0.3) is 0 Å².